The van der Waals surface area contributed by atoms with Crippen molar-refractivity contribution in [1.82, 2.24) is 20.4 Å². The van der Waals surface area contributed by atoms with Crippen LogP contribution in [0, 0.1) is 12.8 Å². The molecule has 0 aliphatic carbocycles. The summed E-state index contributed by atoms with van der Waals surface area (Å²) in [5.41, 5.74) is 4.39. The number of nitrogens with zero attached hydrogens (tertiary/aromatic N) is 3. The van der Waals surface area contributed by atoms with E-state index >= 15 is 0 Å². The maximum atomic E-state index is 12.1. The summed E-state index contributed by atoms with van der Waals surface area (Å²) < 4.78 is 5.37. The van der Waals surface area contributed by atoms with E-state index in [1.165, 1.54) is 6.33 Å². The highest BCUT2D eigenvalue weighted by Gasteiger charge is 2.15. The summed E-state index contributed by atoms with van der Waals surface area (Å²) in [6.45, 7) is 6.48. The molecular formula is C21H24N4O2. The van der Waals surface area contributed by atoms with Crippen molar-refractivity contribution < 1.29 is 9.32 Å². The average Bonchev–Trinajstić information content (AvgIpc) is 3.14. The van der Waals surface area contributed by atoms with Crippen molar-refractivity contribution in [2.75, 3.05) is 0 Å². The van der Waals surface area contributed by atoms with Crippen LogP contribution >= 0.6 is 0 Å². The van der Waals surface area contributed by atoms with E-state index in [4.69, 9.17) is 4.52 Å². The van der Waals surface area contributed by atoms with E-state index in [2.05, 4.69) is 20.4 Å². The van der Waals surface area contributed by atoms with E-state index in [0.29, 0.717) is 12.3 Å². The minimum atomic E-state index is 0.0817. The summed E-state index contributed by atoms with van der Waals surface area (Å²) >= 11 is 0. The molecule has 0 saturated heterocycles. The van der Waals surface area contributed by atoms with Crippen LogP contribution in [0.15, 0.2) is 47.4 Å². The fourth-order valence-electron chi connectivity index (χ4n) is 3.00. The van der Waals surface area contributed by atoms with Gasteiger partial charge < -0.3 is 9.84 Å². The van der Waals surface area contributed by atoms with Gasteiger partial charge in [-0.15, -0.1) is 0 Å². The zero-order valence-electron chi connectivity index (χ0n) is 15.9. The lowest BCUT2D eigenvalue weighted by molar-refractivity contribution is -0.125. The normalized spacial score (nSPS) is 11.0. The number of rotatable bonds is 7. The van der Waals surface area contributed by atoms with Crippen LogP contribution in [-0.2, 0) is 11.3 Å². The van der Waals surface area contributed by atoms with Crippen LogP contribution in [0.1, 0.15) is 37.9 Å². The molecule has 2 heterocycles. The molecule has 0 aliphatic rings. The Morgan fingerprint density at radius 3 is 2.56 bits per heavy atom. The molecule has 2 aromatic heterocycles. The number of hydrogen-bond donors (Lipinski definition) is 1. The summed E-state index contributed by atoms with van der Waals surface area (Å²) in [5, 5.41) is 6.95. The van der Waals surface area contributed by atoms with Crippen LogP contribution in [0.2, 0.25) is 0 Å². The number of aromatic nitrogens is 3. The zero-order valence-corrected chi connectivity index (χ0v) is 15.9. The molecular weight excluding hydrogens is 340 g/mol. The van der Waals surface area contributed by atoms with E-state index in [0.717, 1.165) is 40.9 Å². The van der Waals surface area contributed by atoms with E-state index in [9.17, 15) is 4.79 Å². The first-order chi connectivity index (χ1) is 13.1. The highest BCUT2D eigenvalue weighted by molar-refractivity contribution is 5.79. The molecule has 0 unspecified atom stereocenters. The number of amides is 1. The lowest BCUT2D eigenvalue weighted by atomic mass is 10.0. The molecule has 0 atom stereocenters. The fourth-order valence-corrected chi connectivity index (χ4v) is 3.00. The van der Waals surface area contributed by atoms with Crippen molar-refractivity contribution in [3.8, 4) is 22.6 Å². The molecule has 3 aromatic rings. The fraction of sp³-hybridized carbons (Fsp3) is 0.333. The van der Waals surface area contributed by atoms with Gasteiger partial charge in [-0.2, -0.15) is 0 Å². The monoisotopic (exact) mass is 364 g/mol. The van der Waals surface area contributed by atoms with Crippen LogP contribution in [0.4, 0.5) is 0 Å². The number of nitrogens with one attached hydrogen (secondary N) is 1. The molecule has 3 rings (SSSR count). The predicted molar refractivity (Wildman–Crippen MR) is 104 cm³/mol. The van der Waals surface area contributed by atoms with Gasteiger partial charge in [-0.25, -0.2) is 9.97 Å². The third-order valence-electron chi connectivity index (χ3n) is 4.66. The van der Waals surface area contributed by atoms with Gasteiger partial charge in [-0.05, 0) is 25.3 Å². The highest BCUT2D eigenvalue weighted by Crippen LogP contribution is 2.30. The predicted octanol–water partition coefficient (Wildman–Crippen LogP) is 4.16. The van der Waals surface area contributed by atoms with Crippen molar-refractivity contribution in [2.24, 2.45) is 5.92 Å². The number of carbonyl (C=O) groups is 1. The van der Waals surface area contributed by atoms with Gasteiger partial charge in [-0.3, -0.25) is 4.79 Å². The Balaban J connectivity index is 1.76. The van der Waals surface area contributed by atoms with Crippen LogP contribution in [0.3, 0.4) is 0 Å². The minimum Gasteiger partial charge on any atom is -0.356 e. The van der Waals surface area contributed by atoms with Gasteiger partial charge in [0.15, 0.2) is 5.76 Å². The van der Waals surface area contributed by atoms with Gasteiger partial charge in [0.1, 0.15) is 6.33 Å². The van der Waals surface area contributed by atoms with Gasteiger partial charge >= 0.3 is 0 Å². The summed E-state index contributed by atoms with van der Waals surface area (Å²) in [7, 11) is 0. The Labute approximate surface area is 159 Å². The molecule has 0 saturated carbocycles. The summed E-state index contributed by atoms with van der Waals surface area (Å²) in [6, 6.07) is 9.85. The number of benzene rings is 1. The molecule has 0 aliphatic heterocycles. The molecule has 1 amide bonds. The Morgan fingerprint density at radius 2 is 1.93 bits per heavy atom. The number of carbonyl (C=O) groups excluding carboxylic acids is 1. The van der Waals surface area contributed by atoms with Gasteiger partial charge in [0.25, 0.3) is 0 Å². The third-order valence-corrected chi connectivity index (χ3v) is 4.66. The van der Waals surface area contributed by atoms with Gasteiger partial charge in [0.05, 0.1) is 17.0 Å². The first kappa shape index (κ1) is 18.8. The summed E-state index contributed by atoms with van der Waals surface area (Å²) in [4.78, 5) is 20.7. The van der Waals surface area contributed by atoms with Crippen molar-refractivity contribution in [2.45, 2.75) is 40.2 Å². The molecule has 0 spiro atoms. The van der Waals surface area contributed by atoms with E-state index in [1.807, 2.05) is 51.1 Å². The van der Waals surface area contributed by atoms with Crippen molar-refractivity contribution in [1.29, 1.82) is 0 Å². The van der Waals surface area contributed by atoms with Crippen molar-refractivity contribution in [3.63, 3.8) is 0 Å². The first-order valence-corrected chi connectivity index (χ1v) is 9.23. The highest BCUT2D eigenvalue weighted by atomic mass is 16.5. The second-order valence-corrected chi connectivity index (χ2v) is 6.55. The quantitative estimate of drug-likeness (QED) is 0.681. The molecule has 0 fully saturated rings. The van der Waals surface area contributed by atoms with Crippen LogP contribution < -0.4 is 5.32 Å². The topological polar surface area (TPSA) is 80.9 Å². The molecule has 0 radical (unpaired) electrons. The summed E-state index contributed by atoms with van der Waals surface area (Å²) in [5.74, 6) is 0.839. The molecule has 1 aromatic carbocycles. The maximum absolute atomic E-state index is 12.1. The van der Waals surface area contributed by atoms with Crippen LogP contribution in [0.25, 0.3) is 22.6 Å². The smallest absolute Gasteiger partial charge is 0.223 e. The minimum absolute atomic E-state index is 0.0817. The Bertz CT molecular complexity index is 899. The number of hydrogen-bond acceptors (Lipinski definition) is 5. The zero-order chi connectivity index (χ0) is 19.2. The number of aryl methyl sites for hydroxylation is 1. The lowest BCUT2D eigenvalue weighted by Gasteiger charge is -2.13. The standard InChI is InChI=1S/C21H24N4O2/c1-4-16(5-2)21(26)23-11-15-6-8-17(9-7-15)20-18(12-22-13-24-20)19-10-14(3)25-27-19/h6-10,12-13,16H,4-5,11H2,1-3H3,(H,23,26). The Morgan fingerprint density at radius 1 is 1.19 bits per heavy atom. The van der Waals surface area contributed by atoms with Gasteiger partial charge in [0.2, 0.25) is 5.91 Å². The summed E-state index contributed by atoms with van der Waals surface area (Å²) in [6.07, 6.45) is 4.97. The van der Waals surface area contributed by atoms with Gasteiger partial charge in [-0.1, -0.05) is 43.3 Å². The van der Waals surface area contributed by atoms with E-state index in [1.54, 1.807) is 6.20 Å². The third kappa shape index (κ3) is 4.39. The second-order valence-electron chi connectivity index (χ2n) is 6.55. The Kier molecular flexibility index (Phi) is 5.96. The Hall–Kier alpha value is -3.02. The van der Waals surface area contributed by atoms with Crippen molar-refractivity contribution in [3.05, 3.63) is 54.1 Å². The molecule has 6 nitrogen and oxygen atoms in total. The molecule has 140 valence electrons. The largest absolute Gasteiger partial charge is 0.356 e. The van der Waals surface area contributed by atoms with Crippen LogP contribution in [0.5, 0.6) is 0 Å². The second kappa shape index (κ2) is 8.58. The molecule has 1 N–H and O–H groups in total. The maximum Gasteiger partial charge on any atom is 0.223 e. The van der Waals surface area contributed by atoms with E-state index in [-0.39, 0.29) is 11.8 Å². The van der Waals surface area contributed by atoms with E-state index < -0.39 is 0 Å². The van der Waals surface area contributed by atoms with Crippen molar-refractivity contribution >= 4 is 5.91 Å². The lowest BCUT2D eigenvalue weighted by Crippen LogP contribution is -2.29. The average molecular weight is 364 g/mol. The van der Waals surface area contributed by atoms with Gasteiger partial charge in [0, 0.05) is 30.3 Å². The SMILES string of the molecule is CCC(CC)C(=O)NCc1ccc(-c2ncncc2-c2cc(C)no2)cc1. The first-order valence-electron chi connectivity index (χ1n) is 9.23. The van der Waals surface area contributed by atoms with Crippen LogP contribution in [-0.4, -0.2) is 21.0 Å². The molecule has 0 bridgehead atoms. The molecule has 27 heavy (non-hydrogen) atoms. The molecule has 6 heteroatoms.